The van der Waals surface area contributed by atoms with Gasteiger partial charge >= 0.3 is 0 Å². The zero-order chi connectivity index (χ0) is 11.4. The highest BCUT2D eigenvalue weighted by Gasteiger charge is 2.24. The first-order chi connectivity index (χ1) is 7.83. The van der Waals surface area contributed by atoms with E-state index in [9.17, 15) is 0 Å². The molecule has 16 heavy (non-hydrogen) atoms. The van der Waals surface area contributed by atoms with E-state index in [0.717, 1.165) is 31.7 Å². The molecule has 4 heteroatoms. The first kappa shape index (κ1) is 11.5. The number of allylic oxidation sites excluding steroid dienone is 1. The number of dihydropyridines is 1. The Morgan fingerprint density at radius 3 is 3.00 bits per heavy atom. The van der Waals surface area contributed by atoms with Crippen LogP contribution in [0.3, 0.4) is 0 Å². The van der Waals surface area contributed by atoms with Crippen LogP contribution in [0, 0.1) is 0 Å². The highest BCUT2D eigenvalue weighted by molar-refractivity contribution is 5.26. The third-order valence-electron chi connectivity index (χ3n) is 3.21. The SMILES string of the molecule is COC1=CCNC(C2CC(OC)CCN2)=C1. The van der Waals surface area contributed by atoms with E-state index in [4.69, 9.17) is 9.47 Å². The summed E-state index contributed by atoms with van der Waals surface area (Å²) in [5, 5.41) is 6.89. The molecule has 90 valence electrons. The van der Waals surface area contributed by atoms with Gasteiger partial charge in [0.25, 0.3) is 0 Å². The van der Waals surface area contributed by atoms with Crippen LogP contribution in [0.1, 0.15) is 12.8 Å². The van der Waals surface area contributed by atoms with E-state index in [-0.39, 0.29) is 0 Å². The molecular formula is C12H20N2O2. The van der Waals surface area contributed by atoms with Gasteiger partial charge in [-0.05, 0) is 25.5 Å². The fourth-order valence-electron chi connectivity index (χ4n) is 2.23. The molecule has 1 saturated heterocycles. The van der Waals surface area contributed by atoms with Gasteiger partial charge < -0.3 is 20.1 Å². The average molecular weight is 224 g/mol. The number of methoxy groups -OCH3 is 2. The van der Waals surface area contributed by atoms with Gasteiger partial charge in [0, 0.05) is 31.5 Å². The first-order valence-corrected chi connectivity index (χ1v) is 5.79. The summed E-state index contributed by atoms with van der Waals surface area (Å²) in [7, 11) is 3.49. The maximum atomic E-state index is 5.42. The highest BCUT2D eigenvalue weighted by Crippen LogP contribution is 2.19. The summed E-state index contributed by atoms with van der Waals surface area (Å²) in [5.41, 5.74) is 1.21. The molecule has 0 aromatic carbocycles. The monoisotopic (exact) mass is 224 g/mol. The van der Waals surface area contributed by atoms with Crippen LogP contribution in [0.15, 0.2) is 23.6 Å². The molecule has 2 heterocycles. The normalized spacial score (nSPS) is 30.1. The third-order valence-corrected chi connectivity index (χ3v) is 3.21. The van der Waals surface area contributed by atoms with Crippen molar-refractivity contribution in [2.75, 3.05) is 27.3 Å². The van der Waals surface area contributed by atoms with Crippen LogP contribution in [0.4, 0.5) is 0 Å². The Labute approximate surface area is 96.7 Å². The van der Waals surface area contributed by atoms with Crippen LogP contribution in [0.25, 0.3) is 0 Å². The predicted octanol–water partition coefficient (Wildman–Crippen LogP) is 0.771. The van der Waals surface area contributed by atoms with Crippen LogP contribution in [-0.2, 0) is 9.47 Å². The fourth-order valence-corrected chi connectivity index (χ4v) is 2.23. The molecule has 0 aromatic heterocycles. The van der Waals surface area contributed by atoms with E-state index < -0.39 is 0 Å². The molecule has 2 unspecified atom stereocenters. The van der Waals surface area contributed by atoms with Gasteiger partial charge in [-0.2, -0.15) is 0 Å². The molecule has 0 bridgehead atoms. The molecule has 2 N–H and O–H groups in total. The molecule has 0 saturated carbocycles. The molecular weight excluding hydrogens is 204 g/mol. The van der Waals surface area contributed by atoms with Crippen molar-refractivity contribution in [2.24, 2.45) is 0 Å². The molecule has 2 aliphatic rings. The molecule has 4 nitrogen and oxygen atoms in total. The van der Waals surface area contributed by atoms with E-state index in [1.807, 2.05) is 6.08 Å². The lowest BCUT2D eigenvalue weighted by atomic mass is 9.98. The van der Waals surface area contributed by atoms with Crippen molar-refractivity contribution < 1.29 is 9.47 Å². The predicted molar refractivity (Wildman–Crippen MR) is 63.0 cm³/mol. The molecule has 2 rings (SSSR count). The fraction of sp³-hybridized carbons (Fsp3) is 0.667. The molecule has 2 atom stereocenters. The standard InChI is InChI=1S/C12H20N2O2/c1-15-9-3-5-13-11(7-9)12-8-10(16-2)4-6-14-12/h3,7,10,12-14H,4-6,8H2,1-2H3. The Kier molecular flexibility index (Phi) is 3.85. The van der Waals surface area contributed by atoms with E-state index in [1.165, 1.54) is 5.70 Å². The number of nitrogens with one attached hydrogen (secondary N) is 2. The largest absolute Gasteiger partial charge is 0.497 e. The number of rotatable bonds is 3. The minimum absolute atomic E-state index is 0.359. The van der Waals surface area contributed by atoms with E-state index in [0.29, 0.717) is 12.1 Å². The van der Waals surface area contributed by atoms with Crippen molar-refractivity contribution in [1.29, 1.82) is 0 Å². The van der Waals surface area contributed by atoms with E-state index in [1.54, 1.807) is 14.2 Å². The number of hydrogen-bond donors (Lipinski definition) is 2. The lowest BCUT2D eigenvalue weighted by molar-refractivity contribution is 0.0659. The summed E-state index contributed by atoms with van der Waals surface area (Å²) < 4.78 is 10.7. The molecule has 0 spiro atoms. The lowest BCUT2D eigenvalue weighted by Gasteiger charge is -2.32. The number of hydrogen-bond acceptors (Lipinski definition) is 4. The van der Waals surface area contributed by atoms with Crippen molar-refractivity contribution in [1.82, 2.24) is 10.6 Å². The van der Waals surface area contributed by atoms with Gasteiger partial charge in [-0.1, -0.05) is 0 Å². The topological polar surface area (TPSA) is 42.5 Å². The molecule has 1 fully saturated rings. The summed E-state index contributed by atoms with van der Waals surface area (Å²) in [6, 6.07) is 0.359. The summed E-state index contributed by atoms with van der Waals surface area (Å²) in [4.78, 5) is 0. The third kappa shape index (κ3) is 2.57. The molecule has 0 amide bonds. The van der Waals surface area contributed by atoms with Gasteiger partial charge in [0.1, 0.15) is 5.76 Å². The van der Waals surface area contributed by atoms with Crippen LogP contribution in [0.5, 0.6) is 0 Å². The van der Waals surface area contributed by atoms with Crippen LogP contribution >= 0.6 is 0 Å². The molecule has 0 aliphatic carbocycles. The second-order valence-corrected chi connectivity index (χ2v) is 4.18. The van der Waals surface area contributed by atoms with Gasteiger partial charge in [0.2, 0.25) is 0 Å². The average Bonchev–Trinajstić information content (AvgIpc) is 2.39. The van der Waals surface area contributed by atoms with Crippen molar-refractivity contribution in [2.45, 2.75) is 25.0 Å². The Hall–Kier alpha value is -1.00. The summed E-state index contributed by atoms with van der Waals surface area (Å²) in [6.45, 7) is 1.85. The lowest BCUT2D eigenvalue weighted by Crippen LogP contribution is -2.45. The van der Waals surface area contributed by atoms with Gasteiger partial charge in [-0.25, -0.2) is 0 Å². The van der Waals surface area contributed by atoms with E-state index >= 15 is 0 Å². The zero-order valence-corrected chi connectivity index (χ0v) is 9.95. The maximum Gasteiger partial charge on any atom is 0.118 e. The summed E-state index contributed by atoms with van der Waals surface area (Å²) in [5.74, 6) is 0.940. The Balaban J connectivity index is 2.01. The second-order valence-electron chi connectivity index (χ2n) is 4.18. The highest BCUT2D eigenvalue weighted by atomic mass is 16.5. The number of piperidine rings is 1. The number of ether oxygens (including phenoxy) is 2. The minimum Gasteiger partial charge on any atom is -0.497 e. The van der Waals surface area contributed by atoms with Gasteiger partial charge in [-0.3, -0.25) is 0 Å². The van der Waals surface area contributed by atoms with Crippen molar-refractivity contribution in [3.05, 3.63) is 23.6 Å². The van der Waals surface area contributed by atoms with Crippen molar-refractivity contribution in [3.63, 3.8) is 0 Å². The van der Waals surface area contributed by atoms with Crippen LogP contribution in [0.2, 0.25) is 0 Å². The van der Waals surface area contributed by atoms with Crippen molar-refractivity contribution in [3.8, 4) is 0 Å². The first-order valence-electron chi connectivity index (χ1n) is 5.79. The maximum absolute atomic E-state index is 5.42. The Morgan fingerprint density at radius 2 is 2.25 bits per heavy atom. The quantitative estimate of drug-likeness (QED) is 0.743. The molecule has 0 radical (unpaired) electrons. The van der Waals surface area contributed by atoms with Crippen LogP contribution in [-0.4, -0.2) is 39.5 Å². The van der Waals surface area contributed by atoms with Gasteiger partial charge in [0.05, 0.1) is 13.2 Å². The van der Waals surface area contributed by atoms with Crippen molar-refractivity contribution >= 4 is 0 Å². The van der Waals surface area contributed by atoms with Gasteiger partial charge in [-0.15, -0.1) is 0 Å². The van der Waals surface area contributed by atoms with Crippen LogP contribution < -0.4 is 10.6 Å². The van der Waals surface area contributed by atoms with E-state index in [2.05, 4.69) is 16.7 Å². The Bertz CT molecular complexity index is 299. The smallest absolute Gasteiger partial charge is 0.118 e. The molecule has 0 aromatic rings. The molecule has 2 aliphatic heterocycles. The summed E-state index contributed by atoms with van der Waals surface area (Å²) >= 11 is 0. The summed E-state index contributed by atoms with van der Waals surface area (Å²) in [6.07, 6.45) is 6.59. The zero-order valence-electron chi connectivity index (χ0n) is 9.95. The van der Waals surface area contributed by atoms with Gasteiger partial charge in [0.15, 0.2) is 0 Å². The minimum atomic E-state index is 0.359. The Morgan fingerprint density at radius 1 is 1.38 bits per heavy atom. The second kappa shape index (κ2) is 5.37.